The predicted octanol–water partition coefficient (Wildman–Crippen LogP) is 3.35. The van der Waals surface area contributed by atoms with Crippen LogP contribution in [0.4, 0.5) is 0 Å². The molecule has 6 nitrogen and oxygen atoms in total. The van der Waals surface area contributed by atoms with E-state index in [2.05, 4.69) is 4.98 Å². The Morgan fingerprint density at radius 1 is 1.21 bits per heavy atom. The first kappa shape index (κ1) is 14.6. The van der Waals surface area contributed by atoms with Gasteiger partial charge in [0.05, 0.1) is 13.0 Å². The average Bonchev–Trinajstić information content (AvgIpc) is 3.03. The molecule has 0 unspecified atom stereocenters. The lowest BCUT2D eigenvalue weighted by Crippen LogP contribution is -2.37. The third-order valence-corrected chi connectivity index (χ3v) is 4.57. The van der Waals surface area contributed by atoms with E-state index in [1.54, 1.807) is 13.2 Å². The summed E-state index contributed by atoms with van der Waals surface area (Å²) >= 11 is 0. The Morgan fingerprint density at radius 2 is 2.04 bits per heavy atom. The molecule has 0 aliphatic carbocycles. The van der Waals surface area contributed by atoms with Gasteiger partial charge in [0.15, 0.2) is 18.1 Å². The van der Waals surface area contributed by atoms with Gasteiger partial charge in [-0.1, -0.05) is 30.3 Å². The smallest absolute Gasteiger partial charge is 0.257 e. The monoisotopic (exact) mass is 324 g/mol. The Labute approximate surface area is 138 Å². The molecule has 4 rings (SSSR count). The van der Waals surface area contributed by atoms with Crippen molar-refractivity contribution in [2.45, 2.75) is 12.0 Å². The van der Waals surface area contributed by atoms with Crippen LogP contribution in [0.2, 0.25) is 0 Å². The first-order chi connectivity index (χ1) is 11.7. The minimum Gasteiger partial charge on any atom is -0.493 e. The summed E-state index contributed by atoms with van der Waals surface area (Å²) in [5, 5.41) is 12.6. The van der Waals surface area contributed by atoms with Crippen LogP contribution in [0.5, 0.6) is 11.5 Å². The zero-order valence-corrected chi connectivity index (χ0v) is 13.1. The summed E-state index contributed by atoms with van der Waals surface area (Å²) < 4.78 is 11.0. The van der Waals surface area contributed by atoms with E-state index < -0.39 is 12.0 Å². The maximum absolute atomic E-state index is 11.6. The molecule has 0 saturated carbocycles. The van der Waals surface area contributed by atoms with E-state index in [1.165, 1.54) is 0 Å². The SMILES string of the molecule is COc1cccc2c1OC[C@H]([N+](=O)[O-])[C@H]2c1c[nH]c2ccccc12. The van der Waals surface area contributed by atoms with Gasteiger partial charge in [0.1, 0.15) is 0 Å². The molecular weight excluding hydrogens is 308 g/mol. The number of H-pyrrole nitrogens is 1. The van der Waals surface area contributed by atoms with Gasteiger partial charge in [-0.2, -0.15) is 0 Å². The third-order valence-electron chi connectivity index (χ3n) is 4.57. The fourth-order valence-electron chi connectivity index (χ4n) is 3.47. The summed E-state index contributed by atoms with van der Waals surface area (Å²) in [6, 6.07) is 12.5. The van der Waals surface area contributed by atoms with Crippen LogP contribution in [0.3, 0.4) is 0 Å². The van der Waals surface area contributed by atoms with E-state index in [-0.39, 0.29) is 11.5 Å². The topological polar surface area (TPSA) is 77.4 Å². The van der Waals surface area contributed by atoms with Crippen molar-refractivity contribution in [1.29, 1.82) is 0 Å². The Kier molecular flexibility index (Phi) is 3.37. The van der Waals surface area contributed by atoms with E-state index >= 15 is 0 Å². The predicted molar refractivity (Wildman–Crippen MR) is 89.4 cm³/mol. The van der Waals surface area contributed by atoms with Crippen molar-refractivity contribution in [2.24, 2.45) is 0 Å². The lowest BCUT2D eigenvalue weighted by atomic mass is 9.83. The van der Waals surface area contributed by atoms with Crippen LogP contribution >= 0.6 is 0 Å². The minimum absolute atomic E-state index is 0.0184. The average molecular weight is 324 g/mol. The van der Waals surface area contributed by atoms with Gasteiger partial charge in [-0.15, -0.1) is 0 Å². The molecule has 1 aromatic heterocycles. The quantitative estimate of drug-likeness (QED) is 0.592. The minimum atomic E-state index is -0.844. The molecule has 0 amide bonds. The zero-order valence-electron chi connectivity index (χ0n) is 13.1. The summed E-state index contributed by atoms with van der Waals surface area (Å²) in [6.45, 7) is 0.0184. The first-order valence-electron chi connectivity index (χ1n) is 7.70. The number of nitrogens with one attached hydrogen (secondary N) is 1. The molecule has 6 heteroatoms. The molecule has 122 valence electrons. The summed E-state index contributed by atoms with van der Waals surface area (Å²) in [7, 11) is 1.57. The highest BCUT2D eigenvalue weighted by Crippen LogP contribution is 2.45. The van der Waals surface area contributed by atoms with Gasteiger partial charge in [0.25, 0.3) is 6.04 Å². The molecular formula is C18H16N2O4. The summed E-state index contributed by atoms with van der Waals surface area (Å²) in [4.78, 5) is 14.6. The number of fused-ring (bicyclic) bond motifs is 2. The maximum atomic E-state index is 11.6. The number of para-hydroxylation sites is 2. The summed E-state index contributed by atoms with van der Waals surface area (Å²) in [5.41, 5.74) is 2.66. The number of nitro groups is 1. The second-order valence-electron chi connectivity index (χ2n) is 5.81. The number of ether oxygens (including phenoxy) is 2. The Hall–Kier alpha value is -3.02. The van der Waals surface area contributed by atoms with Crippen LogP contribution < -0.4 is 9.47 Å². The maximum Gasteiger partial charge on any atom is 0.257 e. The van der Waals surface area contributed by atoms with Crippen molar-refractivity contribution in [2.75, 3.05) is 13.7 Å². The van der Waals surface area contributed by atoms with Crippen LogP contribution in [0.15, 0.2) is 48.7 Å². The van der Waals surface area contributed by atoms with Gasteiger partial charge in [-0.05, 0) is 17.7 Å². The first-order valence-corrected chi connectivity index (χ1v) is 7.70. The van der Waals surface area contributed by atoms with Crippen molar-refractivity contribution in [3.63, 3.8) is 0 Å². The highest BCUT2D eigenvalue weighted by atomic mass is 16.6. The fourth-order valence-corrected chi connectivity index (χ4v) is 3.47. The molecule has 3 aromatic rings. The molecule has 0 radical (unpaired) electrons. The summed E-state index contributed by atoms with van der Waals surface area (Å²) in [6.07, 6.45) is 1.86. The van der Waals surface area contributed by atoms with E-state index in [9.17, 15) is 10.1 Å². The van der Waals surface area contributed by atoms with Crippen LogP contribution in [0.1, 0.15) is 17.0 Å². The highest BCUT2D eigenvalue weighted by Gasteiger charge is 2.42. The van der Waals surface area contributed by atoms with E-state index in [0.29, 0.717) is 11.5 Å². The normalized spacial score (nSPS) is 19.5. The van der Waals surface area contributed by atoms with E-state index in [4.69, 9.17) is 9.47 Å². The Morgan fingerprint density at radius 3 is 2.83 bits per heavy atom. The van der Waals surface area contributed by atoms with Gasteiger partial charge in [-0.3, -0.25) is 10.1 Å². The molecule has 1 aliphatic rings. The number of aromatic amines is 1. The standard InChI is InChI=1S/C18H16N2O4/c1-23-16-8-4-6-12-17(15(20(21)22)10-24-18(12)16)13-9-19-14-7-3-2-5-11(13)14/h2-9,15,17,19H,10H2,1H3/t15-,17+/m0/s1. The number of hydrogen-bond acceptors (Lipinski definition) is 4. The number of benzene rings is 2. The molecule has 2 atom stereocenters. The molecule has 0 fully saturated rings. The zero-order chi connectivity index (χ0) is 16.7. The van der Waals surface area contributed by atoms with Crippen LogP contribution in [-0.2, 0) is 0 Å². The molecule has 2 aromatic carbocycles. The third kappa shape index (κ3) is 2.11. The lowest BCUT2D eigenvalue weighted by Gasteiger charge is -2.29. The largest absolute Gasteiger partial charge is 0.493 e. The molecule has 0 bridgehead atoms. The molecule has 24 heavy (non-hydrogen) atoms. The lowest BCUT2D eigenvalue weighted by molar-refractivity contribution is -0.528. The summed E-state index contributed by atoms with van der Waals surface area (Å²) in [5.74, 6) is 0.794. The van der Waals surface area contributed by atoms with Crippen LogP contribution in [0.25, 0.3) is 10.9 Å². The Bertz CT molecular complexity index is 918. The Balaban J connectivity index is 1.95. The van der Waals surface area contributed by atoms with Crippen molar-refractivity contribution in [3.8, 4) is 11.5 Å². The number of rotatable bonds is 3. The van der Waals surface area contributed by atoms with Crippen LogP contribution in [-0.4, -0.2) is 29.7 Å². The van der Waals surface area contributed by atoms with Gasteiger partial charge in [0, 0.05) is 27.6 Å². The number of aromatic nitrogens is 1. The van der Waals surface area contributed by atoms with Gasteiger partial charge in [-0.25, -0.2) is 0 Å². The van der Waals surface area contributed by atoms with Gasteiger partial charge < -0.3 is 14.5 Å². The molecule has 2 heterocycles. The van der Waals surface area contributed by atoms with Crippen molar-refractivity contribution < 1.29 is 14.4 Å². The molecule has 0 saturated heterocycles. The van der Waals surface area contributed by atoms with Crippen LogP contribution in [0, 0.1) is 10.1 Å². The number of methoxy groups -OCH3 is 1. The van der Waals surface area contributed by atoms with E-state index in [1.807, 2.05) is 42.6 Å². The number of hydrogen-bond donors (Lipinski definition) is 1. The highest BCUT2D eigenvalue weighted by molar-refractivity contribution is 5.84. The van der Waals surface area contributed by atoms with Gasteiger partial charge in [0.2, 0.25) is 0 Å². The molecule has 1 aliphatic heterocycles. The fraction of sp³-hybridized carbons (Fsp3) is 0.222. The second kappa shape index (κ2) is 5.56. The second-order valence-corrected chi connectivity index (χ2v) is 5.81. The van der Waals surface area contributed by atoms with Gasteiger partial charge >= 0.3 is 0 Å². The van der Waals surface area contributed by atoms with Crippen molar-refractivity contribution in [3.05, 3.63) is 69.9 Å². The number of nitrogens with zero attached hydrogens (tertiary/aromatic N) is 1. The van der Waals surface area contributed by atoms with Crippen molar-refractivity contribution in [1.82, 2.24) is 4.98 Å². The molecule has 1 N–H and O–H groups in total. The van der Waals surface area contributed by atoms with Crippen molar-refractivity contribution >= 4 is 10.9 Å². The van der Waals surface area contributed by atoms with E-state index in [0.717, 1.165) is 22.0 Å². The molecule has 0 spiro atoms.